The molecule has 7 nitrogen and oxygen atoms in total. The number of aryl methyl sites for hydroxylation is 1. The van der Waals surface area contributed by atoms with Crippen molar-refractivity contribution in [2.75, 3.05) is 13.7 Å². The monoisotopic (exact) mass is 514 g/mol. The summed E-state index contributed by atoms with van der Waals surface area (Å²) in [4.78, 5) is 16.5. The van der Waals surface area contributed by atoms with Gasteiger partial charge in [0.25, 0.3) is 5.89 Å². The van der Waals surface area contributed by atoms with Crippen LogP contribution in [0.4, 0.5) is 0 Å². The minimum absolute atomic E-state index is 0.207. The molecule has 0 saturated heterocycles. The molecule has 0 bridgehead atoms. The summed E-state index contributed by atoms with van der Waals surface area (Å²) in [7, 11) is 1.69. The van der Waals surface area contributed by atoms with Gasteiger partial charge >= 0.3 is 5.97 Å². The van der Waals surface area contributed by atoms with E-state index in [4.69, 9.17) is 18.7 Å². The molecule has 0 radical (unpaired) electrons. The van der Waals surface area contributed by atoms with Crippen molar-refractivity contribution in [3.05, 3.63) is 83.4 Å². The van der Waals surface area contributed by atoms with Gasteiger partial charge in [0.15, 0.2) is 0 Å². The van der Waals surface area contributed by atoms with Crippen LogP contribution in [-0.4, -0.2) is 35.4 Å². The number of hydrogen-bond acceptors (Lipinski definition) is 7. The van der Waals surface area contributed by atoms with Crippen LogP contribution in [0, 0.1) is 6.92 Å². The molecule has 0 N–H and O–H groups in total. The number of carbonyl (C=O) groups excluding carboxylic acids is 1. The Labute approximate surface area is 223 Å². The van der Waals surface area contributed by atoms with E-state index >= 15 is 0 Å². The molecule has 3 aromatic carbocycles. The normalized spacial score (nSPS) is 11.5. The number of rotatable bonds is 10. The summed E-state index contributed by atoms with van der Waals surface area (Å²) < 4.78 is 22.1. The second kappa shape index (κ2) is 12.2. The average Bonchev–Trinajstić information content (AvgIpc) is 3.37. The fourth-order valence-electron chi connectivity index (χ4n) is 4.14. The zero-order valence-corrected chi connectivity index (χ0v) is 22.6. The third-order valence-corrected chi connectivity index (χ3v) is 5.84. The lowest BCUT2D eigenvalue weighted by molar-refractivity contribution is -0.156. The molecule has 0 atom stereocenters. The van der Waals surface area contributed by atoms with Crippen LogP contribution < -0.4 is 0 Å². The molecule has 1 aromatic heterocycles. The van der Waals surface area contributed by atoms with Gasteiger partial charge in [0.05, 0.1) is 26.2 Å². The maximum atomic E-state index is 11.9. The van der Waals surface area contributed by atoms with Crippen LogP contribution in [0.25, 0.3) is 34.0 Å². The van der Waals surface area contributed by atoms with Crippen molar-refractivity contribution >= 4 is 5.97 Å². The Hall–Kier alpha value is -3.81. The summed E-state index contributed by atoms with van der Waals surface area (Å²) in [5.74, 6) is 0.658. The van der Waals surface area contributed by atoms with Crippen LogP contribution in [-0.2, 0) is 32.2 Å². The SMILES string of the molecule is COCc1cc(-c2nc(-c3cccc(COCCC(=O)OC(C)(C)C)c3)no2)ccc1-c1ccccc1C. The molecule has 0 unspecified atom stereocenters. The average molecular weight is 515 g/mol. The van der Waals surface area contributed by atoms with Gasteiger partial charge in [0.1, 0.15) is 5.60 Å². The van der Waals surface area contributed by atoms with E-state index < -0.39 is 5.60 Å². The number of hydrogen-bond donors (Lipinski definition) is 0. The molecule has 198 valence electrons. The molecule has 0 aliphatic rings. The minimum atomic E-state index is -0.497. The van der Waals surface area contributed by atoms with Gasteiger partial charge in [-0.15, -0.1) is 0 Å². The van der Waals surface area contributed by atoms with Gasteiger partial charge in [-0.3, -0.25) is 4.79 Å². The van der Waals surface area contributed by atoms with Gasteiger partial charge in [-0.2, -0.15) is 4.98 Å². The summed E-state index contributed by atoms with van der Waals surface area (Å²) in [5, 5.41) is 4.21. The summed E-state index contributed by atoms with van der Waals surface area (Å²) in [6.07, 6.45) is 0.207. The molecule has 4 aromatic rings. The molecule has 0 aliphatic heterocycles. The molecule has 0 spiro atoms. The molecule has 38 heavy (non-hydrogen) atoms. The van der Waals surface area contributed by atoms with Crippen LogP contribution in [0.2, 0.25) is 0 Å². The quantitative estimate of drug-likeness (QED) is 0.170. The maximum absolute atomic E-state index is 11.9. The highest BCUT2D eigenvalue weighted by Crippen LogP contribution is 2.31. The molecule has 0 aliphatic carbocycles. The van der Waals surface area contributed by atoms with Crippen LogP contribution in [0.15, 0.2) is 71.3 Å². The van der Waals surface area contributed by atoms with Crippen molar-refractivity contribution in [3.63, 3.8) is 0 Å². The van der Waals surface area contributed by atoms with E-state index in [1.165, 1.54) is 11.1 Å². The number of nitrogens with zero attached hydrogens (tertiary/aromatic N) is 2. The van der Waals surface area contributed by atoms with Gasteiger partial charge in [-0.25, -0.2) is 0 Å². The van der Waals surface area contributed by atoms with E-state index in [-0.39, 0.29) is 19.0 Å². The van der Waals surface area contributed by atoms with Crippen molar-refractivity contribution in [3.8, 4) is 34.0 Å². The fraction of sp³-hybridized carbons (Fsp3) is 0.323. The molecule has 0 amide bonds. The summed E-state index contributed by atoms with van der Waals surface area (Å²) >= 11 is 0. The predicted octanol–water partition coefficient (Wildman–Crippen LogP) is 6.77. The standard InChI is InChI=1S/C31H34N2O5/c1-21-9-6-7-12-26(21)27-14-13-24(18-25(27)20-35-5)30-32-29(33-38-30)23-11-8-10-22(17-23)19-36-16-15-28(34)37-31(2,3)4/h6-14,17-18H,15-16,19-20H2,1-5H3. The number of esters is 1. The first-order valence-corrected chi connectivity index (χ1v) is 12.6. The fourth-order valence-corrected chi connectivity index (χ4v) is 4.14. The minimum Gasteiger partial charge on any atom is -0.460 e. The lowest BCUT2D eigenvalue weighted by atomic mass is 9.94. The van der Waals surface area contributed by atoms with E-state index in [9.17, 15) is 4.79 Å². The van der Waals surface area contributed by atoms with Gasteiger partial charge < -0.3 is 18.7 Å². The van der Waals surface area contributed by atoms with Crippen molar-refractivity contribution < 1.29 is 23.5 Å². The van der Waals surface area contributed by atoms with Crippen LogP contribution in [0.1, 0.15) is 43.9 Å². The zero-order chi connectivity index (χ0) is 27.1. The summed E-state index contributed by atoms with van der Waals surface area (Å²) in [6, 6.07) is 22.2. The third-order valence-electron chi connectivity index (χ3n) is 5.84. The van der Waals surface area contributed by atoms with Crippen LogP contribution >= 0.6 is 0 Å². The second-order valence-corrected chi connectivity index (χ2v) is 10.1. The zero-order valence-electron chi connectivity index (χ0n) is 22.6. The first-order valence-electron chi connectivity index (χ1n) is 12.6. The first kappa shape index (κ1) is 27.2. The van der Waals surface area contributed by atoms with Crippen molar-refractivity contribution in [1.29, 1.82) is 0 Å². The number of aromatic nitrogens is 2. The predicted molar refractivity (Wildman–Crippen MR) is 146 cm³/mol. The number of ether oxygens (including phenoxy) is 3. The molecule has 7 heteroatoms. The molecular formula is C31H34N2O5. The Morgan fingerprint density at radius 3 is 2.50 bits per heavy atom. The molecular weight excluding hydrogens is 480 g/mol. The first-order chi connectivity index (χ1) is 18.2. The van der Waals surface area contributed by atoms with Gasteiger partial charge in [0, 0.05) is 18.2 Å². The van der Waals surface area contributed by atoms with Crippen molar-refractivity contribution in [2.45, 2.75) is 52.9 Å². The Kier molecular flexibility index (Phi) is 8.71. The third kappa shape index (κ3) is 7.15. The summed E-state index contributed by atoms with van der Waals surface area (Å²) in [5.41, 5.74) is 6.63. The van der Waals surface area contributed by atoms with Crippen molar-refractivity contribution in [1.82, 2.24) is 10.1 Å². The smallest absolute Gasteiger partial charge is 0.308 e. The number of carbonyl (C=O) groups is 1. The molecule has 0 fully saturated rings. The Morgan fingerprint density at radius 1 is 0.921 bits per heavy atom. The lowest BCUT2D eigenvalue weighted by Gasteiger charge is -2.19. The highest BCUT2D eigenvalue weighted by atomic mass is 16.6. The van der Waals surface area contributed by atoms with Crippen LogP contribution in [0.5, 0.6) is 0 Å². The Bertz CT molecular complexity index is 1390. The highest BCUT2D eigenvalue weighted by molar-refractivity contribution is 5.74. The van der Waals surface area contributed by atoms with Crippen LogP contribution in [0.3, 0.4) is 0 Å². The Balaban J connectivity index is 1.45. The van der Waals surface area contributed by atoms with Gasteiger partial charge in [-0.05, 0) is 73.7 Å². The molecule has 4 rings (SSSR count). The van der Waals surface area contributed by atoms with E-state index in [0.717, 1.165) is 27.8 Å². The van der Waals surface area contributed by atoms with E-state index in [1.54, 1.807) is 7.11 Å². The van der Waals surface area contributed by atoms with E-state index in [1.807, 2.05) is 69.3 Å². The van der Waals surface area contributed by atoms with Gasteiger partial charge in [0.2, 0.25) is 5.82 Å². The van der Waals surface area contributed by atoms with Crippen molar-refractivity contribution in [2.24, 2.45) is 0 Å². The van der Waals surface area contributed by atoms with E-state index in [2.05, 4.69) is 35.3 Å². The maximum Gasteiger partial charge on any atom is 0.308 e. The summed E-state index contributed by atoms with van der Waals surface area (Å²) in [6.45, 7) is 8.76. The second-order valence-electron chi connectivity index (χ2n) is 10.1. The molecule has 0 saturated carbocycles. The van der Waals surface area contributed by atoms with Gasteiger partial charge in [-0.1, -0.05) is 53.7 Å². The largest absolute Gasteiger partial charge is 0.460 e. The highest BCUT2D eigenvalue weighted by Gasteiger charge is 2.17. The number of benzene rings is 3. The van der Waals surface area contributed by atoms with E-state index in [0.29, 0.717) is 24.9 Å². The Morgan fingerprint density at radius 2 is 1.74 bits per heavy atom. The number of methoxy groups -OCH3 is 1. The topological polar surface area (TPSA) is 83.7 Å². The lowest BCUT2D eigenvalue weighted by Crippen LogP contribution is -2.24. The molecule has 1 heterocycles.